The van der Waals surface area contributed by atoms with Crippen molar-refractivity contribution in [2.45, 2.75) is 51.5 Å². The van der Waals surface area contributed by atoms with E-state index in [0.717, 1.165) is 43.1 Å². The van der Waals surface area contributed by atoms with E-state index in [2.05, 4.69) is 46.9 Å². The molecule has 2 aromatic rings. The quantitative estimate of drug-likeness (QED) is 0.813. The average molecular weight is 398 g/mol. The number of nitrogens with one attached hydrogen (secondary N) is 2. The van der Waals surface area contributed by atoms with Crippen molar-refractivity contribution < 1.29 is 4.79 Å². The van der Waals surface area contributed by atoms with Gasteiger partial charge in [0.05, 0.1) is 16.7 Å². The lowest BCUT2D eigenvalue weighted by atomic mass is 9.93. The summed E-state index contributed by atoms with van der Waals surface area (Å²) >= 11 is 1.66. The van der Waals surface area contributed by atoms with E-state index in [1.807, 2.05) is 10.9 Å². The van der Waals surface area contributed by atoms with Gasteiger partial charge in [-0.1, -0.05) is 20.8 Å². The van der Waals surface area contributed by atoms with Crippen LogP contribution in [0.3, 0.4) is 0 Å². The van der Waals surface area contributed by atoms with Crippen LogP contribution in [0.1, 0.15) is 60.8 Å². The Kier molecular flexibility index (Phi) is 7.20. The van der Waals surface area contributed by atoms with Crippen LogP contribution in [0.25, 0.3) is 0 Å². The maximum absolute atomic E-state index is 12.3. The van der Waals surface area contributed by atoms with Crippen LogP contribution in [0.4, 0.5) is 0 Å². The van der Waals surface area contributed by atoms with Gasteiger partial charge in [0.1, 0.15) is 5.69 Å². The van der Waals surface area contributed by atoms with E-state index < -0.39 is 0 Å². The van der Waals surface area contributed by atoms with E-state index in [1.165, 1.54) is 0 Å². The molecule has 0 spiro atoms. The number of hydrogen-bond donors (Lipinski definition) is 2. The minimum absolute atomic E-state index is 0. The first-order chi connectivity index (χ1) is 11.9. The minimum Gasteiger partial charge on any atom is -0.350 e. The molecular weight excluding hydrogens is 370 g/mol. The fourth-order valence-corrected chi connectivity index (χ4v) is 3.89. The molecule has 144 valence electrons. The highest BCUT2D eigenvalue weighted by Crippen LogP contribution is 2.24. The van der Waals surface area contributed by atoms with Gasteiger partial charge in [-0.25, -0.2) is 4.98 Å². The molecular formula is C18H28ClN5OS. The zero-order valence-corrected chi connectivity index (χ0v) is 17.3. The number of carbonyl (C=O) groups is 1. The highest BCUT2D eigenvalue weighted by Gasteiger charge is 2.19. The van der Waals surface area contributed by atoms with Crippen molar-refractivity contribution in [1.82, 2.24) is 25.4 Å². The van der Waals surface area contributed by atoms with Gasteiger partial charge in [-0.2, -0.15) is 5.10 Å². The van der Waals surface area contributed by atoms with E-state index in [1.54, 1.807) is 17.4 Å². The number of amides is 1. The van der Waals surface area contributed by atoms with Crippen LogP contribution in [-0.2, 0) is 11.8 Å². The van der Waals surface area contributed by atoms with Crippen molar-refractivity contribution in [3.05, 3.63) is 34.0 Å². The van der Waals surface area contributed by atoms with Gasteiger partial charge in [-0.15, -0.1) is 23.7 Å². The Morgan fingerprint density at radius 2 is 2.27 bits per heavy atom. The van der Waals surface area contributed by atoms with Gasteiger partial charge in [-0.3, -0.25) is 9.48 Å². The Morgan fingerprint density at radius 1 is 1.46 bits per heavy atom. The number of rotatable bonds is 5. The number of hydrogen-bond acceptors (Lipinski definition) is 5. The van der Waals surface area contributed by atoms with Crippen molar-refractivity contribution >= 4 is 29.7 Å². The fourth-order valence-electron chi connectivity index (χ4n) is 2.87. The number of halogens is 1. The first-order valence-corrected chi connectivity index (χ1v) is 9.80. The van der Waals surface area contributed by atoms with Crippen LogP contribution in [0.5, 0.6) is 0 Å². The third-order valence-electron chi connectivity index (χ3n) is 4.43. The van der Waals surface area contributed by atoms with Gasteiger partial charge >= 0.3 is 0 Å². The van der Waals surface area contributed by atoms with Gasteiger partial charge < -0.3 is 10.6 Å². The number of thiazole rings is 1. The highest BCUT2D eigenvalue weighted by atomic mass is 35.5. The van der Waals surface area contributed by atoms with E-state index in [9.17, 15) is 4.79 Å². The second-order valence-corrected chi connectivity index (χ2v) is 8.51. The summed E-state index contributed by atoms with van der Waals surface area (Å²) in [5.41, 5.74) is 1.66. The third kappa shape index (κ3) is 5.28. The van der Waals surface area contributed by atoms with E-state index >= 15 is 0 Å². The highest BCUT2D eigenvalue weighted by molar-refractivity contribution is 7.09. The second-order valence-electron chi connectivity index (χ2n) is 7.56. The summed E-state index contributed by atoms with van der Waals surface area (Å²) in [7, 11) is 0. The molecule has 3 heterocycles. The monoisotopic (exact) mass is 397 g/mol. The summed E-state index contributed by atoms with van der Waals surface area (Å²) < 4.78 is 1.91. The average Bonchev–Trinajstić information content (AvgIpc) is 3.25. The molecule has 1 saturated heterocycles. The summed E-state index contributed by atoms with van der Waals surface area (Å²) in [5, 5.41) is 13.9. The lowest BCUT2D eigenvalue weighted by Crippen LogP contribution is -2.32. The van der Waals surface area contributed by atoms with Crippen molar-refractivity contribution in [2.24, 2.45) is 0 Å². The maximum Gasteiger partial charge on any atom is 0.271 e. The molecule has 1 aliphatic heterocycles. The van der Waals surface area contributed by atoms with Gasteiger partial charge in [0.15, 0.2) is 0 Å². The molecule has 0 aromatic carbocycles. The zero-order valence-electron chi connectivity index (χ0n) is 15.6. The van der Waals surface area contributed by atoms with Gasteiger partial charge in [-0.05, 0) is 25.5 Å². The molecule has 2 aromatic heterocycles. The van der Waals surface area contributed by atoms with E-state index in [4.69, 9.17) is 0 Å². The molecule has 0 bridgehead atoms. The molecule has 0 saturated carbocycles. The molecule has 6 nitrogen and oxygen atoms in total. The van der Waals surface area contributed by atoms with Crippen molar-refractivity contribution in [1.29, 1.82) is 0 Å². The predicted molar refractivity (Wildman–Crippen MR) is 107 cm³/mol. The van der Waals surface area contributed by atoms with Gasteiger partial charge in [0.2, 0.25) is 0 Å². The Hall–Kier alpha value is -1.44. The third-order valence-corrected chi connectivity index (χ3v) is 5.34. The molecule has 1 amide bonds. The molecule has 0 aliphatic carbocycles. The first kappa shape index (κ1) is 20.9. The molecule has 1 fully saturated rings. The van der Waals surface area contributed by atoms with Gasteiger partial charge in [0, 0.05) is 36.5 Å². The van der Waals surface area contributed by atoms with Crippen LogP contribution in [0.15, 0.2) is 17.6 Å². The lowest BCUT2D eigenvalue weighted by molar-refractivity contribution is 0.0947. The first-order valence-electron chi connectivity index (χ1n) is 8.92. The standard InChI is InChI=1S/C18H27N5OS.ClH/c1-18(2,3)15-12-25-16(21-15)6-9-20-17(24)14-7-10-23(22-14)13-5-4-8-19-11-13;/h7,10,12-13,19H,4-6,8-9,11H2,1-3H3,(H,20,24);1H. The number of nitrogens with zero attached hydrogens (tertiary/aromatic N) is 3. The van der Waals surface area contributed by atoms with Gasteiger partial charge in [0.25, 0.3) is 5.91 Å². The molecule has 2 N–H and O–H groups in total. The summed E-state index contributed by atoms with van der Waals surface area (Å²) in [6, 6.07) is 2.15. The Bertz CT molecular complexity index is 715. The maximum atomic E-state index is 12.3. The minimum atomic E-state index is -0.116. The molecule has 1 aliphatic rings. The van der Waals surface area contributed by atoms with Crippen LogP contribution >= 0.6 is 23.7 Å². The number of aromatic nitrogens is 3. The number of piperidine rings is 1. The molecule has 26 heavy (non-hydrogen) atoms. The largest absolute Gasteiger partial charge is 0.350 e. The summed E-state index contributed by atoms with van der Waals surface area (Å²) in [6.07, 6.45) is 4.91. The van der Waals surface area contributed by atoms with Crippen molar-refractivity contribution in [3.63, 3.8) is 0 Å². The molecule has 1 atom stereocenters. The van der Waals surface area contributed by atoms with Crippen LogP contribution in [0, 0.1) is 0 Å². The Labute approximate surface area is 165 Å². The van der Waals surface area contributed by atoms with E-state index in [-0.39, 0.29) is 23.7 Å². The number of carbonyl (C=O) groups excluding carboxylic acids is 1. The molecule has 3 rings (SSSR count). The van der Waals surface area contributed by atoms with Crippen LogP contribution in [0.2, 0.25) is 0 Å². The normalized spacial score (nSPS) is 17.6. The van der Waals surface area contributed by atoms with E-state index in [0.29, 0.717) is 18.3 Å². The smallest absolute Gasteiger partial charge is 0.271 e. The van der Waals surface area contributed by atoms with Crippen molar-refractivity contribution in [3.8, 4) is 0 Å². The lowest BCUT2D eigenvalue weighted by Gasteiger charge is -2.22. The van der Waals surface area contributed by atoms with Crippen LogP contribution < -0.4 is 10.6 Å². The summed E-state index contributed by atoms with van der Waals surface area (Å²) in [4.78, 5) is 16.9. The molecule has 0 radical (unpaired) electrons. The topological polar surface area (TPSA) is 71.8 Å². The Morgan fingerprint density at radius 3 is 2.92 bits per heavy atom. The Balaban J connectivity index is 0.00000243. The zero-order chi connectivity index (χ0) is 17.9. The SMILES string of the molecule is CC(C)(C)c1csc(CCNC(=O)c2ccn(C3CCCNC3)n2)n1.Cl. The predicted octanol–water partition coefficient (Wildman–Crippen LogP) is 2.96. The summed E-state index contributed by atoms with van der Waals surface area (Å²) in [5.74, 6) is -0.116. The second kappa shape index (κ2) is 8.97. The fraction of sp³-hybridized carbons (Fsp3) is 0.611. The molecule has 8 heteroatoms. The van der Waals surface area contributed by atoms with Crippen molar-refractivity contribution in [2.75, 3.05) is 19.6 Å². The molecule has 1 unspecified atom stereocenters. The summed E-state index contributed by atoms with van der Waals surface area (Å²) in [6.45, 7) is 9.04. The van der Waals surface area contributed by atoms with Crippen LogP contribution in [-0.4, -0.2) is 40.3 Å².